The molecule has 20 heavy (non-hydrogen) atoms. The normalized spacial score (nSPS) is 12.6. The molecule has 0 amide bonds. The van der Waals surface area contributed by atoms with Gasteiger partial charge in [-0.3, -0.25) is 10.1 Å². The van der Waals surface area contributed by atoms with Crippen LogP contribution in [0, 0.1) is 0 Å². The van der Waals surface area contributed by atoms with Crippen LogP contribution < -0.4 is 5.32 Å². The molecule has 0 saturated heterocycles. The number of likely N-dealkylation sites (N-methyl/N-ethyl adjacent to an activating group) is 1. The fourth-order valence-electron chi connectivity index (χ4n) is 2.05. The van der Waals surface area contributed by atoms with Crippen LogP contribution in [0.2, 0.25) is 0 Å². The number of hydrogen-bond acceptors (Lipinski definition) is 4. The SMILES string of the molecule is CCN(CC)CCNC(C(=O)O)c1ccc(SC)cc1. The van der Waals surface area contributed by atoms with Crippen LogP contribution in [-0.2, 0) is 4.79 Å². The molecule has 4 nitrogen and oxygen atoms in total. The maximum Gasteiger partial charge on any atom is 0.325 e. The lowest BCUT2D eigenvalue weighted by atomic mass is 10.1. The Bertz CT molecular complexity index is 405. The first kappa shape index (κ1) is 17.0. The molecule has 0 spiro atoms. The van der Waals surface area contributed by atoms with Gasteiger partial charge >= 0.3 is 5.97 Å². The number of carbonyl (C=O) groups is 1. The van der Waals surface area contributed by atoms with Gasteiger partial charge in [-0.25, -0.2) is 0 Å². The van der Waals surface area contributed by atoms with E-state index in [-0.39, 0.29) is 0 Å². The van der Waals surface area contributed by atoms with Gasteiger partial charge in [0.1, 0.15) is 6.04 Å². The minimum atomic E-state index is -0.832. The van der Waals surface area contributed by atoms with Crippen molar-refractivity contribution >= 4 is 17.7 Å². The van der Waals surface area contributed by atoms with E-state index in [1.807, 2.05) is 30.5 Å². The second kappa shape index (κ2) is 9.00. The number of nitrogens with zero attached hydrogens (tertiary/aromatic N) is 1. The highest BCUT2D eigenvalue weighted by Gasteiger charge is 2.18. The summed E-state index contributed by atoms with van der Waals surface area (Å²) < 4.78 is 0. The van der Waals surface area contributed by atoms with Crippen molar-refractivity contribution < 1.29 is 9.90 Å². The summed E-state index contributed by atoms with van der Waals surface area (Å²) in [6.45, 7) is 7.72. The van der Waals surface area contributed by atoms with Gasteiger partial charge in [0.2, 0.25) is 0 Å². The van der Waals surface area contributed by atoms with E-state index < -0.39 is 12.0 Å². The summed E-state index contributed by atoms with van der Waals surface area (Å²) in [6, 6.07) is 7.05. The van der Waals surface area contributed by atoms with Crippen molar-refractivity contribution in [2.24, 2.45) is 0 Å². The predicted molar refractivity (Wildman–Crippen MR) is 84.4 cm³/mol. The first-order chi connectivity index (χ1) is 9.62. The van der Waals surface area contributed by atoms with Crippen molar-refractivity contribution in [1.29, 1.82) is 0 Å². The fourth-order valence-corrected chi connectivity index (χ4v) is 2.46. The van der Waals surface area contributed by atoms with E-state index in [0.717, 1.165) is 30.1 Å². The first-order valence-corrected chi connectivity index (χ1v) is 8.17. The Labute approximate surface area is 125 Å². The van der Waals surface area contributed by atoms with Gasteiger partial charge in [0.15, 0.2) is 0 Å². The molecule has 0 radical (unpaired) electrons. The highest BCUT2D eigenvalue weighted by Crippen LogP contribution is 2.19. The molecule has 0 fully saturated rings. The summed E-state index contributed by atoms with van der Waals surface area (Å²) in [5.74, 6) is -0.832. The maximum atomic E-state index is 11.4. The number of nitrogens with one attached hydrogen (secondary N) is 1. The summed E-state index contributed by atoms with van der Waals surface area (Å²) in [4.78, 5) is 14.8. The third-order valence-corrected chi connectivity index (χ3v) is 4.11. The predicted octanol–water partition coefficient (Wildman–Crippen LogP) is 2.47. The van der Waals surface area contributed by atoms with Crippen LogP contribution in [-0.4, -0.2) is 48.4 Å². The third-order valence-electron chi connectivity index (χ3n) is 3.37. The van der Waals surface area contributed by atoms with Crippen LogP contribution in [0.25, 0.3) is 0 Å². The van der Waals surface area contributed by atoms with E-state index in [1.165, 1.54) is 0 Å². The molecule has 5 heteroatoms. The lowest BCUT2D eigenvalue weighted by Gasteiger charge is -2.20. The summed E-state index contributed by atoms with van der Waals surface area (Å²) in [6.07, 6.45) is 2.01. The van der Waals surface area contributed by atoms with Gasteiger partial charge < -0.3 is 10.0 Å². The van der Waals surface area contributed by atoms with E-state index in [4.69, 9.17) is 0 Å². The lowest BCUT2D eigenvalue weighted by Crippen LogP contribution is -2.36. The zero-order valence-electron chi connectivity index (χ0n) is 12.4. The highest BCUT2D eigenvalue weighted by molar-refractivity contribution is 7.98. The largest absolute Gasteiger partial charge is 0.480 e. The summed E-state index contributed by atoms with van der Waals surface area (Å²) in [5.41, 5.74) is 0.801. The zero-order chi connectivity index (χ0) is 15.0. The lowest BCUT2D eigenvalue weighted by molar-refractivity contribution is -0.139. The average Bonchev–Trinajstić information content (AvgIpc) is 2.47. The molecular weight excluding hydrogens is 272 g/mol. The van der Waals surface area contributed by atoms with Crippen molar-refractivity contribution in [2.45, 2.75) is 24.8 Å². The molecule has 1 aromatic carbocycles. The number of carboxylic acid groups (broad SMARTS) is 1. The molecule has 0 bridgehead atoms. The van der Waals surface area contributed by atoms with Gasteiger partial charge in [-0.15, -0.1) is 11.8 Å². The molecule has 0 aliphatic rings. The van der Waals surface area contributed by atoms with Crippen molar-refractivity contribution in [2.75, 3.05) is 32.4 Å². The Kier molecular flexibility index (Phi) is 7.65. The molecule has 112 valence electrons. The quantitative estimate of drug-likeness (QED) is 0.686. The Morgan fingerprint density at radius 1 is 1.30 bits per heavy atom. The van der Waals surface area contributed by atoms with E-state index in [1.54, 1.807) is 11.8 Å². The Morgan fingerprint density at radius 3 is 2.35 bits per heavy atom. The number of aliphatic carboxylic acids is 1. The summed E-state index contributed by atoms with van der Waals surface area (Å²) in [7, 11) is 0. The molecule has 0 saturated carbocycles. The third kappa shape index (κ3) is 5.15. The standard InChI is InChI=1S/C15H24N2O2S/c1-4-17(5-2)11-10-16-14(15(18)19)12-6-8-13(20-3)9-7-12/h6-9,14,16H,4-5,10-11H2,1-3H3,(H,18,19). The molecule has 2 N–H and O–H groups in total. The maximum absolute atomic E-state index is 11.4. The average molecular weight is 296 g/mol. The van der Waals surface area contributed by atoms with Crippen molar-refractivity contribution in [3.05, 3.63) is 29.8 Å². The number of thioether (sulfide) groups is 1. The topological polar surface area (TPSA) is 52.6 Å². The summed E-state index contributed by atoms with van der Waals surface area (Å²) in [5, 5.41) is 12.5. The Balaban J connectivity index is 2.62. The molecule has 0 heterocycles. The Hall–Kier alpha value is -1.04. The van der Waals surface area contributed by atoms with E-state index in [0.29, 0.717) is 6.54 Å². The molecule has 0 aliphatic heterocycles. The van der Waals surface area contributed by atoms with Crippen LogP contribution in [0.4, 0.5) is 0 Å². The monoisotopic (exact) mass is 296 g/mol. The number of rotatable bonds is 9. The Morgan fingerprint density at radius 2 is 1.90 bits per heavy atom. The minimum absolute atomic E-state index is 0.638. The molecule has 1 aromatic rings. The minimum Gasteiger partial charge on any atom is -0.480 e. The van der Waals surface area contributed by atoms with E-state index in [2.05, 4.69) is 24.1 Å². The number of carboxylic acids is 1. The van der Waals surface area contributed by atoms with Crippen LogP contribution in [0.3, 0.4) is 0 Å². The fraction of sp³-hybridized carbons (Fsp3) is 0.533. The molecule has 0 aromatic heterocycles. The van der Waals surface area contributed by atoms with Gasteiger partial charge in [-0.2, -0.15) is 0 Å². The molecule has 0 aliphatic carbocycles. The van der Waals surface area contributed by atoms with Crippen LogP contribution >= 0.6 is 11.8 Å². The van der Waals surface area contributed by atoms with Crippen molar-refractivity contribution in [3.63, 3.8) is 0 Å². The van der Waals surface area contributed by atoms with Gasteiger partial charge in [0.25, 0.3) is 0 Å². The number of hydrogen-bond donors (Lipinski definition) is 2. The van der Waals surface area contributed by atoms with Crippen molar-refractivity contribution in [3.8, 4) is 0 Å². The second-order valence-electron chi connectivity index (χ2n) is 4.53. The van der Waals surface area contributed by atoms with Crippen LogP contribution in [0.15, 0.2) is 29.2 Å². The molecule has 1 atom stereocenters. The van der Waals surface area contributed by atoms with Crippen LogP contribution in [0.5, 0.6) is 0 Å². The molecular formula is C15H24N2O2S. The highest BCUT2D eigenvalue weighted by atomic mass is 32.2. The molecule has 1 unspecified atom stereocenters. The van der Waals surface area contributed by atoms with Crippen molar-refractivity contribution in [1.82, 2.24) is 10.2 Å². The summed E-state index contributed by atoms with van der Waals surface area (Å²) >= 11 is 1.65. The van der Waals surface area contributed by atoms with Gasteiger partial charge in [-0.05, 0) is 37.0 Å². The van der Waals surface area contributed by atoms with E-state index in [9.17, 15) is 9.90 Å². The molecule has 1 rings (SSSR count). The first-order valence-electron chi connectivity index (χ1n) is 6.94. The second-order valence-corrected chi connectivity index (χ2v) is 5.41. The van der Waals surface area contributed by atoms with Gasteiger partial charge in [0.05, 0.1) is 0 Å². The zero-order valence-corrected chi connectivity index (χ0v) is 13.2. The van der Waals surface area contributed by atoms with Gasteiger partial charge in [-0.1, -0.05) is 26.0 Å². The van der Waals surface area contributed by atoms with Crippen LogP contribution in [0.1, 0.15) is 25.5 Å². The van der Waals surface area contributed by atoms with E-state index >= 15 is 0 Å². The number of benzene rings is 1. The smallest absolute Gasteiger partial charge is 0.325 e. The van der Waals surface area contributed by atoms with Gasteiger partial charge in [0, 0.05) is 18.0 Å².